The number of ether oxygens (including phenoxy) is 1. The molecule has 0 aliphatic heterocycles. The summed E-state index contributed by atoms with van der Waals surface area (Å²) < 4.78 is 7.27. The Morgan fingerprint density at radius 3 is 2.71 bits per heavy atom. The second-order valence-electron chi connectivity index (χ2n) is 9.31. The maximum absolute atomic E-state index is 12.3. The van der Waals surface area contributed by atoms with Gasteiger partial charge in [-0.15, -0.1) is 0 Å². The lowest BCUT2D eigenvalue weighted by Crippen LogP contribution is -2.25. The summed E-state index contributed by atoms with van der Waals surface area (Å²) in [6, 6.07) is 12.2. The van der Waals surface area contributed by atoms with Gasteiger partial charge in [-0.05, 0) is 60.9 Å². The van der Waals surface area contributed by atoms with Crippen molar-refractivity contribution in [1.29, 1.82) is 0 Å². The molecule has 2 saturated carbocycles. The number of aromatic nitrogens is 5. The molecular formula is C26H28N6O2. The molecule has 0 atom stereocenters. The van der Waals surface area contributed by atoms with Crippen molar-refractivity contribution in [2.45, 2.75) is 50.6 Å². The summed E-state index contributed by atoms with van der Waals surface area (Å²) in [7, 11) is 1.70. The zero-order valence-corrected chi connectivity index (χ0v) is 19.3. The molecule has 2 heterocycles. The number of carbonyl (C=O) groups excluding carboxylic acids is 1. The Balaban J connectivity index is 1.30. The maximum atomic E-state index is 12.3. The number of rotatable bonds is 9. The lowest BCUT2D eigenvalue weighted by Gasteiger charge is -2.11. The van der Waals surface area contributed by atoms with Crippen LogP contribution >= 0.6 is 0 Å². The Hall–Kier alpha value is -3.52. The molecule has 2 aliphatic rings. The smallest absolute Gasteiger partial charge is 0.251 e. The second kappa shape index (κ2) is 8.68. The molecule has 0 saturated heterocycles. The minimum Gasteiger partial charge on any atom is -0.383 e. The van der Waals surface area contributed by atoms with E-state index in [1.165, 1.54) is 29.4 Å². The number of fused-ring (bicyclic) bond motifs is 1. The van der Waals surface area contributed by atoms with Gasteiger partial charge in [0.05, 0.1) is 24.9 Å². The Morgan fingerprint density at radius 2 is 1.97 bits per heavy atom. The fourth-order valence-electron chi connectivity index (χ4n) is 4.51. The molecule has 8 heteroatoms. The number of hydrogen-bond donors (Lipinski definition) is 2. The van der Waals surface area contributed by atoms with Gasteiger partial charge in [0.25, 0.3) is 5.91 Å². The number of methoxy groups -OCH3 is 1. The van der Waals surface area contributed by atoms with Crippen molar-refractivity contribution >= 4 is 16.8 Å². The van der Waals surface area contributed by atoms with Gasteiger partial charge < -0.3 is 10.1 Å². The summed E-state index contributed by atoms with van der Waals surface area (Å²) in [5.41, 5.74) is 5.31. The fraction of sp³-hybridized carbons (Fsp3) is 0.385. The summed E-state index contributed by atoms with van der Waals surface area (Å²) in [4.78, 5) is 17.2. The van der Waals surface area contributed by atoms with Crippen LogP contribution in [-0.4, -0.2) is 50.6 Å². The molecule has 0 unspecified atom stereocenters. The number of aromatic amines is 1. The van der Waals surface area contributed by atoms with E-state index < -0.39 is 0 Å². The minimum absolute atomic E-state index is 0.0180. The van der Waals surface area contributed by atoms with Gasteiger partial charge in [-0.2, -0.15) is 10.2 Å². The number of nitrogens with one attached hydrogen (secondary N) is 2. The van der Waals surface area contributed by atoms with E-state index in [1.54, 1.807) is 7.11 Å². The van der Waals surface area contributed by atoms with E-state index in [4.69, 9.17) is 14.8 Å². The van der Waals surface area contributed by atoms with Gasteiger partial charge in [-0.3, -0.25) is 9.89 Å². The molecular weight excluding hydrogens is 428 g/mol. The van der Waals surface area contributed by atoms with Gasteiger partial charge in [-0.1, -0.05) is 18.2 Å². The Kier molecular flexibility index (Phi) is 5.37. The number of carbonyl (C=O) groups is 1. The molecule has 0 bridgehead atoms. The summed E-state index contributed by atoms with van der Waals surface area (Å²) in [5, 5.41) is 16.4. The number of hydrogen-bond acceptors (Lipinski definition) is 5. The number of nitrogens with zero attached hydrogens (tertiary/aromatic N) is 4. The first-order chi connectivity index (χ1) is 16.7. The normalized spacial score (nSPS) is 15.7. The van der Waals surface area contributed by atoms with Crippen LogP contribution in [-0.2, 0) is 17.7 Å². The van der Waals surface area contributed by atoms with Crippen LogP contribution in [0, 0.1) is 0 Å². The predicted molar refractivity (Wildman–Crippen MR) is 129 cm³/mol. The molecule has 2 N–H and O–H groups in total. The molecule has 0 spiro atoms. The highest BCUT2D eigenvalue weighted by molar-refractivity contribution is 5.95. The van der Waals surface area contributed by atoms with Crippen molar-refractivity contribution < 1.29 is 9.53 Å². The summed E-state index contributed by atoms with van der Waals surface area (Å²) in [6.45, 7) is 1.19. The quantitative estimate of drug-likeness (QED) is 0.399. The van der Waals surface area contributed by atoms with Crippen molar-refractivity contribution in [3.63, 3.8) is 0 Å². The Morgan fingerprint density at radius 1 is 1.15 bits per heavy atom. The molecule has 2 aliphatic carbocycles. The highest BCUT2D eigenvalue weighted by Crippen LogP contribution is 2.45. The monoisotopic (exact) mass is 456 g/mol. The van der Waals surface area contributed by atoms with Crippen LogP contribution in [0.3, 0.4) is 0 Å². The summed E-state index contributed by atoms with van der Waals surface area (Å²) >= 11 is 0. The van der Waals surface area contributed by atoms with Crippen molar-refractivity contribution in [3.8, 4) is 11.4 Å². The van der Waals surface area contributed by atoms with Gasteiger partial charge in [-0.25, -0.2) is 9.67 Å². The zero-order chi connectivity index (χ0) is 23.1. The van der Waals surface area contributed by atoms with Gasteiger partial charge in [0, 0.05) is 36.1 Å². The third-order valence-corrected chi connectivity index (χ3v) is 6.66. The molecule has 1 amide bonds. The van der Waals surface area contributed by atoms with E-state index in [9.17, 15) is 4.79 Å². The molecule has 6 rings (SSSR count). The average Bonchev–Trinajstić information content (AvgIpc) is 3.77. The van der Waals surface area contributed by atoms with Crippen LogP contribution in [0.25, 0.3) is 22.3 Å². The lowest BCUT2D eigenvalue weighted by molar-refractivity contribution is 0.0951. The predicted octanol–water partition coefficient (Wildman–Crippen LogP) is 3.83. The van der Waals surface area contributed by atoms with Gasteiger partial charge in [0.2, 0.25) is 0 Å². The first-order valence-corrected chi connectivity index (χ1v) is 12.0. The van der Waals surface area contributed by atoms with Gasteiger partial charge in [0.1, 0.15) is 5.82 Å². The van der Waals surface area contributed by atoms with E-state index in [2.05, 4.69) is 27.6 Å². The second-order valence-corrected chi connectivity index (χ2v) is 9.31. The van der Waals surface area contributed by atoms with Crippen molar-refractivity contribution in [2.75, 3.05) is 13.7 Å². The van der Waals surface area contributed by atoms with Crippen LogP contribution in [0.5, 0.6) is 0 Å². The van der Waals surface area contributed by atoms with E-state index in [0.717, 1.165) is 29.7 Å². The largest absolute Gasteiger partial charge is 0.383 e. The van der Waals surface area contributed by atoms with Crippen molar-refractivity contribution in [1.82, 2.24) is 30.3 Å². The average molecular weight is 457 g/mol. The van der Waals surface area contributed by atoms with Crippen LogP contribution in [0.4, 0.5) is 0 Å². The highest BCUT2D eigenvalue weighted by atomic mass is 16.5. The summed E-state index contributed by atoms with van der Waals surface area (Å²) in [6.07, 6.45) is 7.23. The fourth-order valence-corrected chi connectivity index (χ4v) is 4.51. The van der Waals surface area contributed by atoms with Crippen molar-refractivity contribution in [2.24, 2.45) is 0 Å². The third kappa shape index (κ3) is 4.21. The Labute approximate surface area is 197 Å². The first-order valence-electron chi connectivity index (χ1n) is 12.0. The topological polar surface area (TPSA) is 97.7 Å². The first kappa shape index (κ1) is 21.0. The number of amides is 1. The van der Waals surface area contributed by atoms with Crippen LogP contribution in [0.1, 0.15) is 58.9 Å². The van der Waals surface area contributed by atoms with E-state index in [0.29, 0.717) is 42.9 Å². The maximum Gasteiger partial charge on any atom is 0.251 e. The van der Waals surface area contributed by atoms with E-state index in [-0.39, 0.29) is 5.91 Å². The molecule has 2 fully saturated rings. The van der Waals surface area contributed by atoms with Crippen molar-refractivity contribution in [3.05, 3.63) is 65.1 Å². The van der Waals surface area contributed by atoms with Crippen LogP contribution in [0.2, 0.25) is 0 Å². The van der Waals surface area contributed by atoms with E-state index in [1.807, 2.05) is 35.1 Å². The molecule has 8 nitrogen and oxygen atoms in total. The van der Waals surface area contributed by atoms with Crippen LogP contribution < -0.4 is 5.32 Å². The number of H-pyrrole nitrogens is 1. The molecule has 34 heavy (non-hydrogen) atoms. The summed E-state index contributed by atoms with van der Waals surface area (Å²) in [5.74, 6) is 2.15. The minimum atomic E-state index is -0.0180. The molecule has 174 valence electrons. The highest BCUT2D eigenvalue weighted by Gasteiger charge is 2.29. The van der Waals surface area contributed by atoms with Crippen LogP contribution in [0.15, 0.2) is 42.6 Å². The Bertz CT molecular complexity index is 1330. The molecule has 2 aromatic heterocycles. The van der Waals surface area contributed by atoms with Gasteiger partial charge >= 0.3 is 0 Å². The van der Waals surface area contributed by atoms with Gasteiger partial charge in [0.15, 0.2) is 5.82 Å². The SMILES string of the molecule is COCCn1nc(-c2ccc(C(=O)NC3CC3)cc2)nc1Cc1ccc2[nH]ncc2c1C1CC1. The molecule has 0 radical (unpaired) electrons. The zero-order valence-electron chi connectivity index (χ0n) is 19.3. The van der Waals surface area contributed by atoms with E-state index >= 15 is 0 Å². The standard InChI is InChI=1S/C26H28N6O2/c1-34-13-12-32-23(14-19-8-11-22-21(15-27-30-22)24(19)16-2-3-16)29-25(31-32)17-4-6-18(7-5-17)26(33)28-20-9-10-20/h4-8,11,15-16,20H,2-3,9-10,12-14H2,1H3,(H,27,30)(H,28,33). The third-order valence-electron chi connectivity index (χ3n) is 6.66. The number of benzene rings is 2. The molecule has 2 aromatic carbocycles. The molecule has 4 aromatic rings. The lowest BCUT2D eigenvalue weighted by atomic mass is 9.96.